The number of halogens is 4. The van der Waals surface area contributed by atoms with Gasteiger partial charge in [-0.1, -0.05) is 12.1 Å². The zero-order chi connectivity index (χ0) is 26.9. The van der Waals surface area contributed by atoms with E-state index < -0.39 is 22.1 Å². The normalized spacial score (nSPS) is 13.6. The third kappa shape index (κ3) is 6.94. The van der Waals surface area contributed by atoms with Crippen molar-refractivity contribution < 1.29 is 49.4 Å². The third-order valence-corrected chi connectivity index (χ3v) is 7.82. The number of nitrogens with zero attached hydrogens (tertiary/aromatic N) is 3. The largest absolute Gasteiger partial charge is 1.00 e. The van der Waals surface area contributed by atoms with Crippen LogP contribution in [-0.4, -0.2) is 31.9 Å². The maximum atomic E-state index is 13.1. The summed E-state index contributed by atoms with van der Waals surface area (Å²) in [5, 5.41) is 16.2. The quantitative estimate of drug-likeness (QED) is 0.242. The van der Waals surface area contributed by atoms with Crippen LogP contribution < -0.4 is 26.3 Å². The number of aliphatic hydroxyl groups is 1. The Labute approximate surface area is 229 Å². The van der Waals surface area contributed by atoms with Gasteiger partial charge in [-0.2, -0.15) is 24.9 Å². The van der Waals surface area contributed by atoms with Crippen molar-refractivity contribution in [1.82, 2.24) is 9.78 Å². The van der Waals surface area contributed by atoms with Crippen molar-refractivity contribution in [2.24, 2.45) is 0 Å². The Balaban J connectivity index is 0.00000481. The van der Waals surface area contributed by atoms with Crippen LogP contribution in [0, 0.1) is 13.8 Å². The summed E-state index contributed by atoms with van der Waals surface area (Å²) in [7, 11) is 0. The predicted molar refractivity (Wildman–Crippen MR) is 132 cm³/mol. The molecule has 0 bridgehead atoms. The smallest absolute Gasteiger partial charge is 0.416 e. The molecule has 202 valence electrons. The monoisotopic (exact) mass is 601 g/mol. The lowest BCUT2D eigenvalue weighted by Gasteiger charge is -2.40. The molecule has 0 amide bonds. The minimum Gasteiger partial charge on any atom is -1.00 e. The molecule has 0 aliphatic heterocycles. The summed E-state index contributed by atoms with van der Waals surface area (Å²) in [5.74, 6) is 0.139. The fraction of sp³-hybridized carbons (Fsp3) is 0.423. The van der Waals surface area contributed by atoms with Crippen molar-refractivity contribution in [2.45, 2.75) is 64.2 Å². The van der Waals surface area contributed by atoms with Gasteiger partial charge in [-0.25, -0.2) is 4.57 Å². The number of carbonyl (C=O) groups excluding carboxylic acids is 1. The molecule has 1 heterocycles. The Kier molecular flexibility index (Phi) is 9.65. The zero-order valence-electron chi connectivity index (χ0n) is 21.6. The van der Waals surface area contributed by atoms with Crippen molar-refractivity contribution in [1.29, 1.82) is 0 Å². The van der Waals surface area contributed by atoms with Gasteiger partial charge < -0.3 is 26.8 Å². The summed E-state index contributed by atoms with van der Waals surface area (Å²) >= 11 is 1.42. The van der Waals surface area contributed by atoms with Gasteiger partial charge in [-0.3, -0.25) is 4.79 Å². The molecule has 3 aromatic rings. The number of carbonyl (C=O) groups is 1. The highest BCUT2D eigenvalue weighted by molar-refractivity contribution is 8.00. The minimum atomic E-state index is -4.45. The van der Waals surface area contributed by atoms with Crippen LogP contribution in [-0.2, 0) is 29.7 Å². The van der Waals surface area contributed by atoms with E-state index >= 15 is 0 Å². The van der Waals surface area contributed by atoms with Crippen LogP contribution in [0.2, 0.25) is 0 Å². The molecule has 37 heavy (non-hydrogen) atoms. The lowest BCUT2D eigenvalue weighted by molar-refractivity contribution is -0.689. The zero-order valence-corrected chi connectivity index (χ0v) is 24.0. The SMILES string of the molecule is CSC(C)(C)C(O)(Cn1c[n+](Cc2cc(C)c(OC(C)=O)cc2C)cn1)c1ccc(C(F)(F)F)cc1.[Br-]. The maximum Gasteiger partial charge on any atom is 0.416 e. The second kappa shape index (κ2) is 11.6. The Morgan fingerprint density at radius 1 is 1.11 bits per heavy atom. The molecule has 1 atom stereocenters. The predicted octanol–water partition coefficient (Wildman–Crippen LogP) is 1.81. The summed E-state index contributed by atoms with van der Waals surface area (Å²) in [6, 6.07) is 8.41. The van der Waals surface area contributed by atoms with Gasteiger partial charge in [0.2, 0.25) is 6.33 Å². The van der Waals surface area contributed by atoms with Crippen LogP contribution >= 0.6 is 11.8 Å². The van der Waals surface area contributed by atoms with Crippen LogP contribution in [0.1, 0.15) is 48.6 Å². The summed E-state index contributed by atoms with van der Waals surface area (Å²) in [6.45, 7) is 9.39. The third-order valence-electron chi connectivity index (χ3n) is 6.46. The van der Waals surface area contributed by atoms with Gasteiger partial charge in [0.15, 0.2) is 0 Å². The molecule has 0 spiro atoms. The Morgan fingerprint density at radius 2 is 1.70 bits per heavy atom. The molecule has 1 unspecified atom stereocenters. The fourth-order valence-electron chi connectivity index (χ4n) is 3.98. The summed E-state index contributed by atoms with van der Waals surface area (Å²) in [4.78, 5) is 11.3. The molecule has 6 nitrogen and oxygen atoms in total. The highest BCUT2D eigenvalue weighted by Crippen LogP contribution is 2.43. The second-order valence-electron chi connectivity index (χ2n) is 9.40. The van der Waals surface area contributed by atoms with Gasteiger partial charge in [-0.15, -0.1) is 4.68 Å². The molecule has 1 N–H and O–H groups in total. The Morgan fingerprint density at radius 3 is 2.24 bits per heavy atom. The lowest BCUT2D eigenvalue weighted by Crippen LogP contribution is -3.00. The van der Waals surface area contributed by atoms with Crippen molar-refractivity contribution in [2.75, 3.05) is 6.26 Å². The molecule has 11 heteroatoms. The number of hydrogen-bond donors (Lipinski definition) is 1. The van der Waals surface area contributed by atoms with Crippen molar-refractivity contribution in [3.63, 3.8) is 0 Å². The molecular formula is C26H31BrF3N3O3S. The van der Waals surface area contributed by atoms with E-state index in [-0.39, 0.29) is 29.5 Å². The van der Waals surface area contributed by atoms with Crippen molar-refractivity contribution >= 4 is 17.7 Å². The Hall–Kier alpha value is -2.37. The van der Waals surface area contributed by atoms with E-state index in [1.54, 1.807) is 17.3 Å². The van der Waals surface area contributed by atoms with Crippen LogP contribution in [0.15, 0.2) is 49.1 Å². The van der Waals surface area contributed by atoms with Crippen LogP contribution in [0.3, 0.4) is 0 Å². The summed E-state index contributed by atoms with van der Waals surface area (Å²) < 4.78 is 47.2. The minimum absolute atomic E-state index is 0. The van der Waals surface area contributed by atoms with Gasteiger partial charge >= 0.3 is 12.1 Å². The standard InChI is InChI=1S/C26H31F3N3O3S.BrH/c1-17-12-23(35-19(3)33)18(2)11-20(17)13-31-15-30-32(16-31)14-25(34,24(4,5)36-6)21-7-9-22(10-8-21)26(27,28)29;/h7-12,15-16,34H,13-14H2,1-6H3;1H/q+1;/p-1. The number of ether oxygens (including phenoxy) is 1. The summed E-state index contributed by atoms with van der Waals surface area (Å²) in [5.41, 5.74) is 0.898. The average Bonchev–Trinajstić information content (AvgIpc) is 3.22. The highest BCUT2D eigenvalue weighted by Gasteiger charge is 2.47. The van der Waals surface area contributed by atoms with E-state index in [0.29, 0.717) is 17.9 Å². The average molecular weight is 603 g/mol. The first kappa shape index (κ1) is 30.9. The first-order chi connectivity index (χ1) is 16.7. The van der Waals surface area contributed by atoms with Crippen LogP contribution in [0.5, 0.6) is 5.75 Å². The number of benzene rings is 2. The van der Waals surface area contributed by atoms with Crippen LogP contribution in [0.25, 0.3) is 0 Å². The molecule has 0 saturated carbocycles. The van der Waals surface area contributed by atoms with Gasteiger partial charge in [0, 0.05) is 16.8 Å². The molecule has 0 fully saturated rings. The van der Waals surface area contributed by atoms with E-state index in [0.717, 1.165) is 28.8 Å². The first-order valence-corrected chi connectivity index (χ1v) is 12.5. The topological polar surface area (TPSA) is 68.2 Å². The summed E-state index contributed by atoms with van der Waals surface area (Å²) in [6.07, 6.45) is 0.781. The van der Waals surface area contributed by atoms with Gasteiger partial charge in [0.1, 0.15) is 17.9 Å². The first-order valence-electron chi connectivity index (χ1n) is 11.3. The number of aromatic nitrogens is 3. The van der Waals surface area contributed by atoms with Gasteiger partial charge in [-0.05, 0) is 80.5 Å². The van der Waals surface area contributed by atoms with Gasteiger partial charge in [0.05, 0.1) is 12.1 Å². The molecule has 2 aromatic carbocycles. The van der Waals surface area contributed by atoms with E-state index in [2.05, 4.69) is 5.10 Å². The van der Waals surface area contributed by atoms with Crippen LogP contribution in [0.4, 0.5) is 13.2 Å². The molecule has 0 radical (unpaired) electrons. The van der Waals surface area contributed by atoms with E-state index in [1.165, 1.54) is 30.8 Å². The highest BCUT2D eigenvalue weighted by atomic mass is 79.9. The maximum absolute atomic E-state index is 13.1. The number of aryl methyl sites for hydroxylation is 2. The second-order valence-corrected chi connectivity index (χ2v) is 10.8. The number of thioether (sulfide) groups is 1. The van der Waals surface area contributed by atoms with E-state index in [4.69, 9.17) is 4.74 Å². The molecule has 1 aromatic heterocycles. The molecule has 0 aliphatic rings. The molecule has 0 aliphatic carbocycles. The fourth-order valence-corrected chi connectivity index (χ4v) is 4.50. The number of alkyl halides is 3. The van der Waals surface area contributed by atoms with E-state index in [9.17, 15) is 23.1 Å². The number of hydrogen-bond acceptors (Lipinski definition) is 5. The number of rotatable bonds is 8. The molecule has 3 rings (SSSR count). The van der Waals surface area contributed by atoms with Crippen molar-refractivity contribution in [3.05, 3.63) is 76.9 Å². The Bertz CT molecular complexity index is 1250. The molecular weight excluding hydrogens is 571 g/mol. The van der Waals surface area contributed by atoms with E-state index in [1.807, 2.05) is 50.7 Å². The molecule has 0 saturated heterocycles. The number of esters is 1. The lowest BCUT2D eigenvalue weighted by atomic mass is 9.82. The van der Waals surface area contributed by atoms with Gasteiger partial charge in [0.25, 0.3) is 6.33 Å². The van der Waals surface area contributed by atoms with Crippen molar-refractivity contribution in [3.8, 4) is 5.75 Å².